The number of carbonyl (C=O) groups excluding carboxylic acids is 1. The highest BCUT2D eigenvalue weighted by molar-refractivity contribution is 7.92. The van der Waals surface area contributed by atoms with Crippen molar-refractivity contribution in [1.82, 2.24) is 4.98 Å². The SMILES string of the molecule is COc1cc(OC)c(NS(=O)(=O)c2ccc(Cl)c(C(=O)Nc3ccc(C)cn3)c2)cc1Cl. The third-order valence-electron chi connectivity index (χ3n) is 4.36. The van der Waals surface area contributed by atoms with Gasteiger partial charge in [0.05, 0.1) is 40.4 Å². The van der Waals surface area contributed by atoms with E-state index < -0.39 is 15.9 Å². The number of ether oxygens (including phenoxy) is 2. The maximum absolute atomic E-state index is 13.0. The average molecular weight is 496 g/mol. The van der Waals surface area contributed by atoms with Gasteiger partial charge in [0, 0.05) is 12.3 Å². The molecule has 0 atom stereocenters. The minimum Gasteiger partial charge on any atom is -0.495 e. The lowest BCUT2D eigenvalue weighted by Crippen LogP contribution is -2.17. The molecule has 3 rings (SSSR count). The van der Waals surface area contributed by atoms with Crippen molar-refractivity contribution in [2.24, 2.45) is 0 Å². The van der Waals surface area contributed by atoms with Crippen LogP contribution in [0.2, 0.25) is 10.0 Å². The van der Waals surface area contributed by atoms with Gasteiger partial charge in [-0.3, -0.25) is 9.52 Å². The second-order valence-electron chi connectivity index (χ2n) is 6.61. The van der Waals surface area contributed by atoms with Gasteiger partial charge < -0.3 is 14.8 Å². The van der Waals surface area contributed by atoms with E-state index in [-0.39, 0.29) is 31.9 Å². The number of pyridine rings is 1. The minimum absolute atomic E-state index is 0.0309. The first kappa shape index (κ1) is 23.6. The van der Waals surface area contributed by atoms with E-state index in [1.165, 1.54) is 44.6 Å². The molecule has 3 aromatic rings. The molecule has 1 amide bonds. The van der Waals surface area contributed by atoms with Crippen LogP contribution in [0, 0.1) is 6.92 Å². The molecule has 0 bridgehead atoms. The summed E-state index contributed by atoms with van der Waals surface area (Å²) >= 11 is 12.3. The average Bonchev–Trinajstić information content (AvgIpc) is 2.75. The number of halogens is 2. The second-order valence-corrected chi connectivity index (χ2v) is 9.11. The Hall–Kier alpha value is -3.01. The van der Waals surface area contributed by atoms with Crippen LogP contribution in [0.25, 0.3) is 0 Å². The van der Waals surface area contributed by atoms with Crippen LogP contribution in [0.1, 0.15) is 15.9 Å². The van der Waals surface area contributed by atoms with E-state index in [0.29, 0.717) is 11.6 Å². The van der Waals surface area contributed by atoms with Gasteiger partial charge in [-0.2, -0.15) is 0 Å². The quantitative estimate of drug-likeness (QED) is 0.488. The molecule has 0 radical (unpaired) electrons. The third kappa shape index (κ3) is 5.24. The van der Waals surface area contributed by atoms with Crippen LogP contribution in [0.15, 0.2) is 53.6 Å². The van der Waals surface area contributed by atoms with Crippen molar-refractivity contribution < 1.29 is 22.7 Å². The lowest BCUT2D eigenvalue weighted by atomic mass is 10.2. The van der Waals surface area contributed by atoms with Crippen LogP contribution >= 0.6 is 23.2 Å². The minimum atomic E-state index is -4.12. The number of methoxy groups -OCH3 is 2. The number of amides is 1. The van der Waals surface area contributed by atoms with Gasteiger partial charge in [0.1, 0.15) is 17.3 Å². The van der Waals surface area contributed by atoms with Crippen molar-refractivity contribution in [3.8, 4) is 11.5 Å². The Morgan fingerprint density at radius 2 is 1.69 bits per heavy atom. The summed E-state index contributed by atoms with van der Waals surface area (Å²) in [6.07, 6.45) is 1.59. The van der Waals surface area contributed by atoms with Gasteiger partial charge in [-0.05, 0) is 42.8 Å². The van der Waals surface area contributed by atoms with Crippen molar-refractivity contribution in [2.75, 3.05) is 24.3 Å². The monoisotopic (exact) mass is 495 g/mol. The summed E-state index contributed by atoms with van der Waals surface area (Å²) < 4.78 is 38.7. The maximum atomic E-state index is 13.0. The fraction of sp³-hybridized carbons (Fsp3) is 0.143. The standard InChI is InChI=1S/C21H19Cl2N3O5S/c1-12-4-7-20(24-11-12)25-21(27)14-8-13(5-6-15(14)22)32(28,29)26-17-9-16(23)18(30-2)10-19(17)31-3/h4-11,26H,1-3H3,(H,24,25,27). The first-order valence-electron chi connectivity index (χ1n) is 9.12. The summed E-state index contributed by atoms with van der Waals surface area (Å²) in [5.74, 6) is 0.225. The largest absolute Gasteiger partial charge is 0.495 e. The van der Waals surface area contributed by atoms with Gasteiger partial charge >= 0.3 is 0 Å². The zero-order valence-corrected chi connectivity index (χ0v) is 19.6. The Kier molecular flexibility index (Phi) is 7.12. The number of aryl methyl sites for hydroxylation is 1. The molecule has 2 N–H and O–H groups in total. The molecule has 0 saturated heterocycles. The van der Waals surface area contributed by atoms with Gasteiger partial charge in [-0.15, -0.1) is 0 Å². The molecule has 0 aliphatic heterocycles. The summed E-state index contributed by atoms with van der Waals surface area (Å²) in [5, 5.41) is 2.86. The van der Waals surface area contributed by atoms with E-state index >= 15 is 0 Å². The zero-order chi connectivity index (χ0) is 23.5. The highest BCUT2D eigenvalue weighted by Crippen LogP contribution is 2.37. The summed E-state index contributed by atoms with van der Waals surface area (Å²) in [6.45, 7) is 1.86. The van der Waals surface area contributed by atoms with Crippen molar-refractivity contribution in [3.63, 3.8) is 0 Å². The number of benzene rings is 2. The molecule has 0 saturated carbocycles. The van der Waals surface area contributed by atoms with E-state index in [4.69, 9.17) is 32.7 Å². The summed E-state index contributed by atoms with van der Waals surface area (Å²) in [4.78, 5) is 16.6. The van der Waals surface area contributed by atoms with Crippen LogP contribution in [0.4, 0.5) is 11.5 Å². The fourth-order valence-electron chi connectivity index (χ4n) is 2.71. The van der Waals surface area contributed by atoms with Crippen molar-refractivity contribution in [2.45, 2.75) is 11.8 Å². The molecule has 1 heterocycles. The van der Waals surface area contributed by atoms with Crippen molar-refractivity contribution in [3.05, 3.63) is 69.8 Å². The van der Waals surface area contributed by atoms with Crippen molar-refractivity contribution in [1.29, 1.82) is 0 Å². The number of sulfonamides is 1. The van der Waals surface area contributed by atoms with E-state index in [9.17, 15) is 13.2 Å². The van der Waals surface area contributed by atoms with E-state index in [1.807, 2.05) is 6.92 Å². The van der Waals surface area contributed by atoms with Crippen LogP contribution in [-0.2, 0) is 10.0 Å². The van der Waals surface area contributed by atoms with Gasteiger partial charge in [0.25, 0.3) is 15.9 Å². The number of hydrogen-bond donors (Lipinski definition) is 2. The predicted octanol–water partition coefficient (Wildman–Crippen LogP) is 4.77. The number of rotatable bonds is 7. The van der Waals surface area contributed by atoms with Crippen molar-refractivity contribution >= 4 is 50.6 Å². The van der Waals surface area contributed by atoms with Gasteiger partial charge in [0.15, 0.2) is 0 Å². The molecule has 32 heavy (non-hydrogen) atoms. The highest BCUT2D eigenvalue weighted by atomic mass is 35.5. The first-order chi connectivity index (χ1) is 15.1. The molecule has 0 spiro atoms. The number of aromatic nitrogens is 1. The first-order valence-corrected chi connectivity index (χ1v) is 11.4. The zero-order valence-electron chi connectivity index (χ0n) is 17.3. The predicted molar refractivity (Wildman–Crippen MR) is 124 cm³/mol. The number of anilines is 2. The summed E-state index contributed by atoms with van der Waals surface area (Å²) in [5.41, 5.74) is 0.994. The Morgan fingerprint density at radius 3 is 2.31 bits per heavy atom. The molecule has 168 valence electrons. The van der Waals surface area contributed by atoms with E-state index in [2.05, 4.69) is 15.0 Å². The normalized spacial score (nSPS) is 11.0. The molecule has 8 nitrogen and oxygen atoms in total. The molecule has 2 aromatic carbocycles. The molecule has 0 aliphatic carbocycles. The molecular weight excluding hydrogens is 477 g/mol. The summed E-state index contributed by atoms with van der Waals surface area (Å²) in [6, 6.07) is 10.0. The van der Waals surface area contributed by atoms with E-state index in [1.54, 1.807) is 18.3 Å². The highest BCUT2D eigenvalue weighted by Gasteiger charge is 2.22. The molecule has 0 aliphatic rings. The third-order valence-corrected chi connectivity index (χ3v) is 6.35. The van der Waals surface area contributed by atoms with E-state index in [0.717, 1.165) is 5.56 Å². The Morgan fingerprint density at radius 1 is 0.969 bits per heavy atom. The lowest BCUT2D eigenvalue weighted by molar-refractivity contribution is 0.102. The van der Waals surface area contributed by atoms with Crippen LogP contribution in [0.3, 0.4) is 0 Å². The van der Waals surface area contributed by atoms with Crippen LogP contribution < -0.4 is 19.5 Å². The molecule has 0 fully saturated rings. The molecule has 1 aromatic heterocycles. The second kappa shape index (κ2) is 9.64. The van der Waals surface area contributed by atoms with Gasteiger partial charge in [-0.25, -0.2) is 13.4 Å². The van der Waals surface area contributed by atoms with Gasteiger partial charge in [-0.1, -0.05) is 29.3 Å². The lowest BCUT2D eigenvalue weighted by Gasteiger charge is -2.15. The molecule has 0 unspecified atom stereocenters. The Labute approximate surface area is 195 Å². The Balaban J connectivity index is 1.92. The molecular formula is C21H19Cl2N3O5S. The van der Waals surface area contributed by atoms with Crippen LogP contribution in [-0.4, -0.2) is 33.5 Å². The maximum Gasteiger partial charge on any atom is 0.262 e. The molecule has 11 heteroatoms. The van der Waals surface area contributed by atoms with Crippen LogP contribution in [0.5, 0.6) is 11.5 Å². The Bertz CT molecular complexity index is 1270. The number of hydrogen-bond acceptors (Lipinski definition) is 6. The number of nitrogens with zero attached hydrogens (tertiary/aromatic N) is 1. The van der Waals surface area contributed by atoms with Gasteiger partial charge in [0.2, 0.25) is 0 Å². The topological polar surface area (TPSA) is 107 Å². The smallest absolute Gasteiger partial charge is 0.262 e. The number of carbonyl (C=O) groups is 1. The fourth-order valence-corrected chi connectivity index (χ4v) is 4.25. The summed E-state index contributed by atoms with van der Waals surface area (Å²) in [7, 11) is -1.31. The number of nitrogens with one attached hydrogen (secondary N) is 2.